The molecule has 122 valence electrons. The van der Waals surface area contributed by atoms with E-state index in [9.17, 15) is 9.59 Å². The average Bonchev–Trinajstić information content (AvgIpc) is 2.82. The van der Waals surface area contributed by atoms with E-state index in [-0.39, 0.29) is 5.91 Å². The zero-order valence-electron chi connectivity index (χ0n) is 13.3. The molecule has 0 unspecified atom stereocenters. The van der Waals surface area contributed by atoms with Crippen molar-refractivity contribution >= 4 is 11.9 Å². The highest BCUT2D eigenvalue weighted by atomic mass is 16.5. The van der Waals surface area contributed by atoms with Crippen molar-refractivity contribution in [2.75, 3.05) is 46.5 Å². The SMILES string of the molecule is COC(=O)c1c(C)[nH]c(C)c1C(=O)NCCN1CCOCC1. The van der Waals surface area contributed by atoms with Gasteiger partial charge in [0, 0.05) is 37.6 Å². The van der Waals surface area contributed by atoms with E-state index >= 15 is 0 Å². The summed E-state index contributed by atoms with van der Waals surface area (Å²) >= 11 is 0. The topological polar surface area (TPSA) is 83.7 Å². The number of aromatic amines is 1. The second kappa shape index (κ2) is 7.42. The molecule has 7 heteroatoms. The molecule has 0 radical (unpaired) electrons. The van der Waals surface area contributed by atoms with Gasteiger partial charge in [0.1, 0.15) is 0 Å². The highest BCUT2D eigenvalue weighted by Gasteiger charge is 2.24. The Hall–Kier alpha value is -1.86. The number of carbonyl (C=O) groups is 2. The Balaban J connectivity index is 1.98. The Kier molecular flexibility index (Phi) is 5.57. The van der Waals surface area contributed by atoms with E-state index in [1.807, 2.05) is 0 Å². The highest BCUT2D eigenvalue weighted by molar-refractivity contribution is 6.07. The lowest BCUT2D eigenvalue weighted by Crippen LogP contribution is -2.41. The van der Waals surface area contributed by atoms with Crippen molar-refractivity contribution < 1.29 is 19.1 Å². The van der Waals surface area contributed by atoms with Crippen molar-refractivity contribution in [2.24, 2.45) is 0 Å². The molecule has 1 aliphatic heterocycles. The fourth-order valence-corrected chi connectivity index (χ4v) is 2.66. The molecule has 1 aromatic heterocycles. The number of aromatic nitrogens is 1. The first-order chi connectivity index (χ1) is 10.5. The highest BCUT2D eigenvalue weighted by Crippen LogP contribution is 2.19. The largest absolute Gasteiger partial charge is 0.465 e. The molecule has 1 aromatic rings. The van der Waals surface area contributed by atoms with Crippen LogP contribution in [0.4, 0.5) is 0 Å². The summed E-state index contributed by atoms with van der Waals surface area (Å²) in [5, 5.41) is 2.87. The summed E-state index contributed by atoms with van der Waals surface area (Å²) in [6, 6.07) is 0. The van der Waals surface area contributed by atoms with Gasteiger partial charge in [-0.1, -0.05) is 0 Å². The lowest BCUT2D eigenvalue weighted by Gasteiger charge is -2.26. The van der Waals surface area contributed by atoms with E-state index in [1.54, 1.807) is 13.8 Å². The Labute approximate surface area is 130 Å². The number of amides is 1. The minimum atomic E-state index is -0.500. The van der Waals surface area contributed by atoms with Crippen LogP contribution in [0.3, 0.4) is 0 Å². The first kappa shape index (κ1) is 16.5. The van der Waals surface area contributed by atoms with E-state index in [0.29, 0.717) is 29.1 Å². The van der Waals surface area contributed by atoms with Crippen LogP contribution in [0.1, 0.15) is 32.1 Å². The van der Waals surface area contributed by atoms with Crippen LogP contribution in [-0.4, -0.2) is 68.3 Å². The van der Waals surface area contributed by atoms with E-state index in [4.69, 9.17) is 9.47 Å². The summed E-state index contributed by atoms with van der Waals surface area (Å²) in [7, 11) is 1.31. The minimum absolute atomic E-state index is 0.254. The maximum atomic E-state index is 12.4. The van der Waals surface area contributed by atoms with E-state index in [2.05, 4.69) is 15.2 Å². The third kappa shape index (κ3) is 3.66. The molecule has 0 spiro atoms. The van der Waals surface area contributed by atoms with Gasteiger partial charge in [-0.3, -0.25) is 9.69 Å². The third-order valence-electron chi connectivity index (χ3n) is 3.81. The number of hydrogen-bond donors (Lipinski definition) is 2. The average molecular weight is 309 g/mol. The molecule has 1 amide bonds. The number of aryl methyl sites for hydroxylation is 2. The maximum Gasteiger partial charge on any atom is 0.340 e. The number of morpholine rings is 1. The monoisotopic (exact) mass is 309 g/mol. The van der Waals surface area contributed by atoms with Gasteiger partial charge in [0.25, 0.3) is 5.91 Å². The number of hydrogen-bond acceptors (Lipinski definition) is 5. The molecule has 2 rings (SSSR count). The van der Waals surface area contributed by atoms with Crippen molar-refractivity contribution in [2.45, 2.75) is 13.8 Å². The van der Waals surface area contributed by atoms with Crippen LogP contribution < -0.4 is 5.32 Å². The number of H-pyrrole nitrogens is 1. The summed E-state index contributed by atoms with van der Waals surface area (Å²) in [6.45, 7) is 8.05. The van der Waals surface area contributed by atoms with Crippen LogP contribution in [0.15, 0.2) is 0 Å². The maximum absolute atomic E-state index is 12.4. The molecular formula is C15H23N3O4. The van der Waals surface area contributed by atoms with Crippen molar-refractivity contribution in [3.8, 4) is 0 Å². The van der Waals surface area contributed by atoms with Crippen LogP contribution in [0.25, 0.3) is 0 Å². The van der Waals surface area contributed by atoms with Gasteiger partial charge in [-0.05, 0) is 13.8 Å². The molecule has 0 aliphatic carbocycles. The van der Waals surface area contributed by atoms with Gasteiger partial charge in [0.2, 0.25) is 0 Å². The van der Waals surface area contributed by atoms with Gasteiger partial charge in [0.15, 0.2) is 0 Å². The Morgan fingerprint density at radius 2 is 1.86 bits per heavy atom. The molecule has 0 bridgehead atoms. The predicted molar refractivity (Wildman–Crippen MR) is 81.2 cm³/mol. The van der Waals surface area contributed by atoms with Gasteiger partial charge in [-0.25, -0.2) is 4.79 Å². The summed E-state index contributed by atoms with van der Waals surface area (Å²) in [5.41, 5.74) is 1.99. The number of methoxy groups -OCH3 is 1. The van der Waals surface area contributed by atoms with Gasteiger partial charge >= 0.3 is 5.97 Å². The van der Waals surface area contributed by atoms with Crippen molar-refractivity contribution in [3.05, 3.63) is 22.5 Å². The zero-order valence-corrected chi connectivity index (χ0v) is 13.3. The summed E-state index contributed by atoms with van der Waals surface area (Å²) in [5.74, 6) is -0.754. The summed E-state index contributed by atoms with van der Waals surface area (Å²) in [4.78, 5) is 29.5. The first-order valence-electron chi connectivity index (χ1n) is 7.40. The third-order valence-corrected chi connectivity index (χ3v) is 3.81. The molecule has 1 fully saturated rings. The fourth-order valence-electron chi connectivity index (χ4n) is 2.66. The van der Waals surface area contributed by atoms with Crippen molar-refractivity contribution in [1.29, 1.82) is 0 Å². The van der Waals surface area contributed by atoms with Crippen molar-refractivity contribution in [3.63, 3.8) is 0 Å². The molecule has 22 heavy (non-hydrogen) atoms. The molecule has 2 heterocycles. The molecule has 0 aromatic carbocycles. The first-order valence-corrected chi connectivity index (χ1v) is 7.40. The van der Waals surface area contributed by atoms with Gasteiger partial charge in [-0.15, -0.1) is 0 Å². The zero-order chi connectivity index (χ0) is 16.1. The van der Waals surface area contributed by atoms with Crippen LogP contribution in [-0.2, 0) is 9.47 Å². The molecule has 2 N–H and O–H groups in total. The predicted octanol–water partition coefficient (Wildman–Crippen LogP) is 0.480. The summed E-state index contributed by atoms with van der Waals surface area (Å²) in [6.07, 6.45) is 0. The second-order valence-corrected chi connectivity index (χ2v) is 5.33. The van der Waals surface area contributed by atoms with Crippen LogP contribution >= 0.6 is 0 Å². The fraction of sp³-hybridized carbons (Fsp3) is 0.600. The Morgan fingerprint density at radius 1 is 1.23 bits per heavy atom. The molecule has 1 saturated heterocycles. The summed E-state index contributed by atoms with van der Waals surface area (Å²) < 4.78 is 10.0. The Bertz CT molecular complexity index is 547. The van der Waals surface area contributed by atoms with Crippen molar-refractivity contribution in [1.82, 2.24) is 15.2 Å². The van der Waals surface area contributed by atoms with Gasteiger partial charge in [-0.2, -0.15) is 0 Å². The van der Waals surface area contributed by atoms with E-state index < -0.39 is 5.97 Å². The standard InChI is InChI=1S/C15H23N3O4/c1-10-12(13(11(2)17-10)15(20)21-3)14(19)16-4-5-18-6-8-22-9-7-18/h17H,4-9H2,1-3H3,(H,16,19). The number of nitrogens with one attached hydrogen (secondary N) is 2. The molecule has 0 atom stereocenters. The van der Waals surface area contributed by atoms with E-state index in [1.165, 1.54) is 7.11 Å². The minimum Gasteiger partial charge on any atom is -0.465 e. The normalized spacial score (nSPS) is 15.6. The van der Waals surface area contributed by atoms with Crippen LogP contribution in [0.5, 0.6) is 0 Å². The smallest absolute Gasteiger partial charge is 0.340 e. The molecule has 0 saturated carbocycles. The quantitative estimate of drug-likeness (QED) is 0.773. The lowest BCUT2D eigenvalue weighted by atomic mass is 10.1. The second-order valence-electron chi connectivity index (χ2n) is 5.33. The molecular weight excluding hydrogens is 286 g/mol. The Morgan fingerprint density at radius 3 is 2.50 bits per heavy atom. The van der Waals surface area contributed by atoms with Gasteiger partial charge in [0.05, 0.1) is 31.5 Å². The number of ether oxygens (including phenoxy) is 2. The number of esters is 1. The van der Waals surface area contributed by atoms with Crippen LogP contribution in [0, 0.1) is 13.8 Å². The number of carbonyl (C=O) groups excluding carboxylic acids is 2. The molecule has 1 aliphatic rings. The van der Waals surface area contributed by atoms with Gasteiger partial charge < -0.3 is 19.8 Å². The number of rotatable bonds is 5. The lowest BCUT2D eigenvalue weighted by molar-refractivity contribution is 0.0383. The number of nitrogens with zero attached hydrogens (tertiary/aromatic N) is 1. The van der Waals surface area contributed by atoms with Crippen LogP contribution in [0.2, 0.25) is 0 Å². The molecule has 7 nitrogen and oxygen atoms in total. The van der Waals surface area contributed by atoms with E-state index in [0.717, 1.165) is 32.8 Å².